The number of para-hydroxylation sites is 1. The van der Waals surface area contributed by atoms with Crippen molar-refractivity contribution in [3.8, 4) is 0 Å². The van der Waals surface area contributed by atoms with Crippen LogP contribution in [0.1, 0.15) is 37.7 Å². The molecule has 0 unspecified atom stereocenters. The molecule has 25 heavy (non-hydrogen) atoms. The highest BCUT2D eigenvalue weighted by molar-refractivity contribution is 5.96. The number of nitrogens with zero attached hydrogens (tertiary/aromatic N) is 1. The lowest BCUT2D eigenvalue weighted by atomic mass is 9.80. The van der Waals surface area contributed by atoms with Crippen LogP contribution in [0.5, 0.6) is 0 Å². The number of fused-ring (bicyclic) bond motifs is 1. The van der Waals surface area contributed by atoms with Gasteiger partial charge in [0, 0.05) is 37.7 Å². The molecular weight excluding hydrogens is 316 g/mol. The van der Waals surface area contributed by atoms with Gasteiger partial charge in [-0.2, -0.15) is 0 Å². The number of anilines is 1. The molecule has 1 aromatic rings. The zero-order valence-corrected chi connectivity index (χ0v) is 15.0. The van der Waals surface area contributed by atoms with E-state index >= 15 is 0 Å². The van der Waals surface area contributed by atoms with Crippen molar-refractivity contribution in [1.82, 2.24) is 5.32 Å². The van der Waals surface area contributed by atoms with Crippen molar-refractivity contribution in [2.24, 2.45) is 11.8 Å². The van der Waals surface area contributed by atoms with Gasteiger partial charge in [-0.3, -0.25) is 9.59 Å². The zero-order chi connectivity index (χ0) is 17.6. The Morgan fingerprint density at radius 1 is 1.16 bits per heavy atom. The van der Waals surface area contributed by atoms with Crippen molar-refractivity contribution in [3.63, 3.8) is 0 Å². The normalized spacial score (nSPS) is 23.0. The molecule has 1 N–H and O–H groups in total. The number of aryl methyl sites for hydroxylation is 1. The fourth-order valence-electron chi connectivity index (χ4n) is 4.01. The molecule has 1 aromatic carbocycles. The van der Waals surface area contributed by atoms with Crippen molar-refractivity contribution in [2.75, 3.05) is 31.7 Å². The summed E-state index contributed by atoms with van der Waals surface area (Å²) in [7, 11) is 1.63. The molecule has 1 fully saturated rings. The summed E-state index contributed by atoms with van der Waals surface area (Å²) >= 11 is 0. The van der Waals surface area contributed by atoms with E-state index in [2.05, 4.69) is 17.4 Å². The van der Waals surface area contributed by atoms with Crippen LogP contribution >= 0.6 is 0 Å². The topological polar surface area (TPSA) is 58.6 Å². The standard InChI is InChI=1S/C20H28N2O3/c1-25-14-12-21-19(23)16-8-10-17(11-9-16)20(24)22-13-4-6-15-5-2-3-7-18(15)22/h2-3,5,7,16-17H,4,6,8-14H2,1H3,(H,21,23). The number of ether oxygens (including phenoxy) is 1. The Kier molecular flexibility index (Phi) is 6.08. The molecule has 1 aliphatic heterocycles. The molecule has 5 heteroatoms. The molecule has 1 aliphatic carbocycles. The zero-order valence-electron chi connectivity index (χ0n) is 15.0. The number of benzene rings is 1. The summed E-state index contributed by atoms with van der Waals surface area (Å²) in [6, 6.07) is 8.23. The minimum Gasteiger partial charge on any atom is -0.383 e. The molecule has 0 spiro atoms. The van der Waals surface area contributed by atoms with Crippen LogP contribution in [0.3, 0.4) is 0 Å². The molecule has 1 saturated carbocycles. The first kappa shape index (κ1) is 17.9. The number of carbonyl (C=O) groups excluding carboxylic acids is 2. The van der Waals surface area contributed by atoms with E-state index in [1.165, 1.54) is 5.56 Å². The van der Waals surface area contributed by atoms with Crippen LogP contribution in [0.2, 0.25) is 0 Å². The minimum absolute atomic E-state index is 0.0366. The number of carbonyl (C=O) groups is 2. The van der Waals surface area contributed by atoms with Crippen molar-refractivity contribution >= 4 is 17.5 Å². The number of amides is 2. The average molecular weight is 344 g/mol. The first-order chi connectivity index (χ1) is 12.2. The molecule has 0 radical (unpaired) electrons. The van der Waals surface area contributed by atoms with Crippen LogP contribution in [-0.2, 0) is 20.7 Å². The molecule has 0 atom stereocenters. The first-order valence-electron chi connectivity index (χ1n) is 9.36. The summed E-state index contributed by atoms with van der Waals surface area (Å²) in [5, 5.41) is 2.91. The monoisotopic (exact) mass is 344 g/mol. The molecule has 0 aromatic heterocycles. The van der Waals surface area contributed by atoms with Gasteiger partial charge in [0.2, 0.25) is 11.8 Å². The van der Waals surface area contributed by atoms with Crippen molar-refractivity contribution < 1.29 is 14.3 Å². The second-order valence-electron chi connectivity index (χ2n) is 7.05. The van der Waals surface area contributed by atoms with Gasteiger partial charge >= 0.3 is 0 Å². The van der Waals surface area contributed by atoms with Gasteiger partial charge in [-0.1, -0.05) is 18.2 Å². The van der Waals surface area contributed by atoms with Crippen LogP contribution in [0.25, 0.3) is 0 Å². The minimum atomic E-state index is 0.0366. The second kappa shape index (κ2) is 8.48. The Bertz CT molecular complexity index is 609. The summed E-state index contributed by atoms with van der Waals surface area (Å²) in [6.45, 7) is 1.90. The summed E-state index contributed by atoms with van der Waals surface area (Å²) in [6.07, 6.45) is 5.28. The predicted molar refractivity (Wildman–Crippen MR) is 97.4 cm³/mol. The molecule has 136 valence electrons. The summed E-state index contributed by atoms with van der Waals surface area (Å²) in [5.41, 5.74) is 2.35. The molecule has 2 aliphatic rings. The second-order valence-corrected chi connectivity index (χ2v) is 7.05. The van der Waals surface area contributed by atoms with Crippen LogP contribution in [0, 0.1) is 11.8 Å². The van der Waals surface area contributed by atoms with Gasteiger partial charge in [0.05, 0.1) is 6.61 Å². The van der Waals surface area contributed by atoms with Gasteiger partial charge in [0.15, 0.2) is 0 Å². The van der Waals surface area contributed by atoms with Crippen molar-refractivity contribution in [1.29, 1.82) is 0 Å². The van der Waals surface area contributed by atoms with Gasteiger partial charge < -0.3 is 15.0 Å². The smallest absolute Gasteiger partial charge is 0.230 e. The number of hydrogen-bond donors (Lipinski definition) is 1. The van der Waals surface area contributed by atoms with Gasteiger partial charge in [0.1, 0.15) is 0 Å². The fourth-order valence-corrected chi connectivity index (χ4v) is 4.01. The number of nitrogens with one attached hydrogen (secondary N) is 1. The highest BCUT2D eigenvalue weighted by Crippen LogP contribution is 2.34. The van der Waals surface area contributed by atoms with Crippen molar-refractivity contribution in [2.45, 2.75) is 38.5 Å². The van der Waals surface area contributed by atoms with Crippen LogP contribution in [0.4, 0.5) is 5.69 Å². The lowest BCUT2D eigenvalue weighted by Gasteiger charge is -2.34. The van der Waals surface area contributed by atoms with E-state index < -0.39 is 0 Å². The van der Waals surface area contributed by atoms with E-state index in [0.717, 1.165) is 50.8 Å². The third-order valence-corrected chi connectivity index (χ3v) is 5.43. The Balaban J connectivity index is 1.55. The fraction of sp³-hybridized carbons (Fsp3) is 0.600. The molecule has 5 nitrogen and oxygen atoms in total. The van der Waals surface area contributed by atoms with E-state index in [0.29, 0.717) is 13.2 Å². The summed E-state index contributed by atoms with van der Waals surface area (Å²) < 4.78 is 4.96. The molecule has 2 amide bonds. The largest absolute Gasteiger partial charge is 0.383 e. The first-order valence-corrected chi connectivity index (χ1v) is 9.36. The van der Waals surface area contributed by atoms with Crippen LogP contribution in [0.15, 0.2) is 24.3 Å². The average Bonchev–Trinajstić information content (AvgIpc) is 2.67. The van der Waals surface area contributed by atoms with E-state index in [9.17, 15) is 9.59 Å². The lowest BCUT2D eigenvalue weighted by Crippen LogP contribution is -2.42. The van der Waals surface area contributed by atoms with Gasteiger partial charge in [0.25, 0.3) is 0 Å². The Labute approximate surface area is 149 Å². The Morgan fingerprint density at radius 3 is 2.64 bits per heavy atom. The van der Waals surface area contributed by atoms with E-state index in [1.807, 2.05) is 17.0 Å². The summed E-state index contributed by atoms with van der Waals surface area (Å²) in [4.78, 5) is 27.1. The third kappa shape index (κ3) is 4.21. The summed E-state index contributed by atoms with van der Waals surface area (Å²) in [5.74, 6) is 0.431. The quantitative estimate of drug-likeness (QED) is 0.835. The maximum Gasteiger partial charge on any atom is 0.230 e. The molecule has 1 heterocycles. The maximum absolute atomic E-state index is 13.0. The van der Waals surface area contributed by atoms with Gasteiger partial charge in [-0.15, -0.1) is 0 Å². The van der Waals surface area contributed by atoms with Gasteiger partial charge in [-0.05, 0) is 50.2 Å². The van der Waals surface area contributed by atoms with Crippen LogP contribution in [-0.4, -0.2) is 38.6 Å². The Morgan fingerprint density at radius 2 is 1.88 bits per heavy atom. The highest BCUT2D eigenvalue weighted by atomic mass is 16.5. The van der Waals surface area contributed by atoms with E-state index in [1.54, 1.807) is 7.11 Å². The van der Waals surface area contributed by atoms with E-state index in [-0.39, 0.29) is 23.7 Å². The molecule has 0 bridgehead atoms. The Hall–Kier alpha value is -1.88. The van der Waals surface area contributed by atoms with Crippen LogP contribution < -0.4 is 10.2 Å². The molecule has 3 rings (SSSR count). The number of rotatable bonds is 5. The highest BCUT2D eigenvalue weighted by Gasteiger charge is 2.33. The number of methoxy groups -OCH3 is 1. The van der Waals surface area contributed by atoms with Gasteiger partial charge in [-0.25, -0.2) is 0 Å². The lowest BCUT2D eigenvalue weighted by molar-refractivity contribution is -0.129. The SMILES string of the molecule is COCCNC(=O)C1CCC(C(=O)N2CCCc3ccccc32)CC1. The maximum atomic E-state index is 13.0. The number of hydrogen-bond acceptors (Lipinski definition) is 3. The van der Waals surface area contributed by atoms with E-state index in [4.69, 9.17) is 4.74 Å². The van der Waals surface area contributed by atoms with Crippen molar-refractivity contribution in [3.05, 3.63) is 29.8 Å². The molecule has 0 saturated heterocycles. The third-order valence-electron chi connectivity index (χ3n) is 5.43. The predicted octanol–water partition coefficient (Wildman–Crippen LogP) is 2.53. The molecular formula is C20H28N2O3.